The maximum atomic E-state index is 6.04. The minimum Gasteiger partial charge on any atom is -0.349 e. The van der Waals surface area contributed by atoms with Gasteiger partial charge in [0.25, 0.3) is 0 Å². The van der Waals surface area contributed by atoms with Crippen LogP contribution < -0.4 is 0 Å². The molecule has 0 aromatic heterocycles. The third-order valence-corrected chi connectivity index (χ3v) is 3.66. The van der Waals surface area contributed by atoms with Crippen LogP contribution in [-0.2, 0) is 9.47 Å². The minimum absolute atomic E-state index is 0.104. The lowest BCUT2D eigenvalue weighted by Crippen LogP contribution is -2.33. The molecule has 0 N–H and O–H groups in total. The lowest BCUT2D eigenvalue weighted by Gasteiger charge is -2.33. The molecule has 1 aliphatic carbocycles. The molecule has 1 heterocycles. The number of rotatable bonds is 3. The van der Waals surface area contributed by atoms with Crippen LogP contribution in [0.15, 0.2) is 0 Å². The van der Waals surface area contributed by atoms with Gasteiger partial charge in [-0.05, 0) is 38.5 Å². The van der Waals surface area contributed by atoms with E-state index in [9.17, 15) is 0 Å². The van der Waals surface area contributed by atoms with Crippen molar-refractivity contribution in [3.05, 3.63) is 0 Å². The molecule has 0 radical (unpaired) electrons. The standard InChI is InChI=1S/C13H24O2/c1-2-11-9-6-10-13(14-11)15-12-7-4-3-5-8-12/h11-13H,2-10H2,1H3. The van der Waals surface area contributed by atoms with E-state index in [1.807, 2.05) is 0 Å². The van der Waals surface area contributed by atoms with Gasteiger partial charge in [0.2, 0.25) is 0 Å². The van der Waals surface area contributed by atoms with E-state index in [1.165, 1.54) is 44.9 Å². The van der Waals surface area contributed by atoms with Crippen molar-refractivity contribution in [2.45, 2.75) is 83.2 Å². The Kier molecular flexibility index (Phi) is 4.45. The van der Waals surface area contributed by atoms with Crippen molar-refractivity contribution in [3.8, 4) is 0 Å². The van der Waals surface area contributed by atoms with Gasteiger partial charge in [-0.25, -0.2) is 0 Å². The zero-order valence-corrected chi connectivity index (χ0v) is 9.91. The van der Waals surface area contributed by atoms with Crippen LogP contribution in [-0.4, -0.2) is 18.5 Å². The van der Waals surface area contributed by atoms with Crippen molar-refractivity contribution < 1.29 is 9.47 Å². The first-order chi connectivity index (χ1) is 7.38. The molecule has 2 fully saturated rings. The van der Waals surface area contributed by atoms with Crippen LogP contribution in [0.5, 0.6) is 0 Å². The SMILES string of the molecule is CCC1CCCC(OC2CCCCC2)O1. The molecule has 0 amide bonds. The van der Waals surface area contributed by atoms with Gasteiger partial charge in [-0.1, -0.05) is 26.2 Å². The van der Waals surface area contributed by atoms with Crippen molar-refractivity contribution in [1.82, 2.24) is 0 Å². The lowest BCUT2D eigenvalue weighted by atomic mass is 9.97. The molecule has 88 valence electrons. The second-order valence-corrected chi connectivity index (χ2v) is 4.92. The Morgan fingerprint density at radius 1 is 1.00 bits per heavy atom. The summed E-state index contributed by atoms with van der Waals surface area (Å²) in [5.41, 5.74) is 0. The maximum absolute atomic E-state index is 6.04. The summed E-state index contributed by atoms with van der Waals surface area (Å²) in [6, 6.07) is 0. The number of ether oxygens (including phenoxy) is 2. The van der Waals surface area contributed by atoms with Crippen molar-refractivity contribution in [3.63, 3.8) is 0 Å². The van der Waals surface area contributed by atoms with Crippen molar-refractivity contribution >= 4 is 0 Å². The highest BCUT2D eigenvalue weighted by atomic mass is 16.7. The normalized spacial score (nSPS) is 34.2. The summed E-state index contributed by atoms with van der Waals surface area (Å²) in [6.45, 7) is 2.20. The Bertz CT molecular complexity index is 175. The molecule has 0 bridgehead atoms. The Balaban J connectivity index is 1.72. The Morgan fingerprint density at radius 3 is 2.53 bits per heavy atom. The molecule has 15 heavy (non-hydrogen) atoms. The predicted octanol–water partition coefficient (Wildman–Crippen LogP) is 3.64. The van der Waals surface area contributed by atoms with Crippen molar-refractivity contribution in [2.24, 2.45) is 0 Å². The first-order valence-corrected chi connectivity index (χ1v) is 6.69. The van der Waals surface area contributed by atoms with Gasteiger partial charge in [0, 0.05) is 0 Å². The quantitative estimate of drug-likeness (QED) is 0.711. The van der Waals surface area contributed by atoms with E-state index in [4.69, 9.17) is 9.47 Å². The smallest absolute Gasteiger partial charge is 0.158 e. The molecule has 0 spiro atoms. The summed E-state index contributed by atoms with van der Waals surface area (Å²) in [5, 5.41) is 0. The molecule has 2 aliphatic rings. The first-order valence-electron chi connectivity index (χ1n) is 6.69. The largest absolute Gasteiger partial charge is 0.349 e. The second-order valence-electron chi connectivity index (χ2n) is 4.92. The highest BCUT2D eigenvalue weighted by molar-refractivity contribution is 4.69. The Labute approximate surface area is 93.3 Å². The predicted molar refractivity (Wildman–Crippen MR) is 60.8 cm³/mol. The molecule has 1 aliphatic heterocycles. The molecular weight excluding hydrogens is 188 g/mol. The van der Waals surface area contributed by atoms with Crippen LogP contribution >= 0.6 is 0 Å². The summed E-state index contributed by atoms with van der Waals surface area (Å²) < 4.78 is 12.0. The third-order valence-electron chi connectivity index (χ3n) is 3.66. The molecule has 2 unspecified atom stereocenters. The summed E-state index contributed by atoms with van der Waals surface area (Å²) in [7, 11) is 0. The molecular formula is C13H24O2. The van der Waals surface area contributed by atoms with Crippen LogP contribution in [0.4, 0.5) is 0 Å². The van der Waals surface area contributed by atoms with E-state index in [0.717, 1.165) is 12.8 Å². The summed E-state index contributed by atoms with van der Waals surface area (Å²) >= 11 is 0. The molecule has 2 heteroatoms. The van der Waals surface area contributed by atoms with E-state index in [0.29, 0.717) is 12.2 Å². The van der Waals surface area contributed by atoms with Gasteiger partial charge in [0.15, 0.2) is 6.29 Å². The summed E-state index contributed by atoms with van der Waals surface area (Å²) in [4.78, 5) is 0. The summed E-state index contributed by atoms with van der Waals surface area (Å²) in [5.74, 6) is 0. The van der Waals surface area contributed by atoms with Crippen molar-refractivity contribution in [1.29, 1.82) is 0 Å². The molecule has 0 aromatic rings. The van der Waals surface area contributed by atoms with Crippen LogP contribution in [0, 0.1) is 0 Å². The fourth-order valence-corrected chi connectivity index (χ4v) is 2.68. The third kappa shape index (κ3) is 3.46. The fourth-order valence-electron chi connectivity index (χ4n) is 2.68. The van der Waals surface area contributed by atoms with Crippen LogP contribution in [0.2, 0.25) is 0 Å². The van der Waals surface area contributed by atoms with Gasteiger partial charge < -0.3 is 9.47 Å². The van der Waals surface area contributed by atoms with Gasteiger partial charge in [-0.3, -0.25) is 0 Å². The van der Waals surface area contributed by atoms with Crippen LogP contribution in [0.1, 0.15) is 64.7 Å². The monoisotopic (exact) mass is 212 g/mol. The van der Waals surface area contributed by atoms with E-state index >= 15 is 0 Å². The van der Waals surface area contributed by atoms with E-state index < -0.39 is 0 Å². The lowest BCUT2D eigenvalue weighted by molar-refractivity contribution is -0.219. The van der Waals surface area contributed by atoms with Crippen LogP contribution in [0.25, 0.3) is 0 Å². The van der Waals surface area contributed by atoms with Gasteiger partial charge in [0.1, 0.15) is 0 Å². The molecule has 0 aromatic carbocycles. The van der Waals surface area contributed by atoms with E-state index in [2.05, 4.69) is 6.92 Å². The van der Waals surface area contributed by atoms with Gasteiger partial charge in [0.05, 0.1) is 12.2 Å². The average molecular weight is 212 g/mol. The van der Waals surface area contributed by atoms with Gasteiger partial charge in [-0.15, -0.1) is 0 Å². The number of hydrogen-bond donors (Lipinski definition) is 0. The Morgan fingerprint density at radius 2 is 1.80 bits per heavy atom. The topological polar surface area (TPSA) is 18.5 Å². The fraction of sp³-hybridized carbons (Fsp3) is 1.00. The van der Waals surface area contributed by atoms with E-state index in [-0.39, 0.29) is 6.29 Å². The highest BCUT2D eigenvalue weighted by Crippen LogP contribution is 2.27. The van der Waals surface area contributed by atoms with E-state index in [1.54, 1.807) is 0 Å². The zero-order valence-electron chi connectivity index (χ0n) is 9.91. The number of hydrogen-bond acceptors (Lipinski definition) is 2. The second kappa shape index (κ2) is 5.86. The highest BCUT2D eigenvalue weighted by Gasteiger charge is 2.25. The molecule has 2 rings (SSSR count). The van der Waals surface area contributed by atoms with Crippen molar-refractivity contribution in [2.75, 3.05) is 0 Å². The van der Waals surface area contributed by atoms with Crippen LogP contribution in [0.3, 0.4) is 0 Å². The molecule has 1 saturated carbocycles. The maximum Gasteiger partial charge on any atom is 0.158 e. The Hall–Kier alpha value is -0.0800. The summed E-state index contributed by atoms with van der Waals surface area (Å²) in [6.07, 6.45) is 12.3. The molecule has 1 saturated heterocycles. The minimum atomic E-state index is 0.104. The molecule has 2 atom stereocenters. The zero-order chi connectivity index (χ0) is 10.5. The molecule has 2 nitrogen and oxygen atoms in total. The van der Waals surface area contributed by atoms with Gasteiger partial charge in [-0.2, -0.15) is 0 Å². The first kappa shape index (κ1) is 11.4. The van der Waals surface area contributed by atoms with Gasteiger partial charge >= 0.3 is 0 Å². The average Bonchev–Trinajstić information content (AvgIpc) is 2.31.